The molecule has 50 valence electrons. The van der Waals surface area contributed by atoms with Gasteiger partial charge in [0.15, 0.2) is 0 Å². The van der Waals surface area contributed by atoms with E-state index < -0.39 is 0 Å². The Bertz CT molecular complexity index is 245. The smallest absolute Gasteiger partial charge is 0.139 e. The second kappa shape index (κ2) is 2.85. The molecular weight excluding hydrogens is 126 g/mol. The Morgan fingerprint density at radius 2 is 2.40 bits per heavy atom. The standard InChI is InChI=1S/C7H7N3/c1-2-6-3-4-7(10-8)9-5-6/h1,3-5H,8H2,(H,9,10). The molecule has 0 bridgehead atoms. The Hall–Kier alpha value is -1.53. The molecule has 3 nitrogen and oxygen atoms in total. The topological polar surface area (TPSA) is 50.9 Å². The lowest BCUT2D eigenvalue weighted by Gasteiger charge is -1.95. The molecule has 0 atom stereocenters. The van der Waals surface area contributed by atoms with Crippen molar-refractivity contribution in [3.8, 4) is 12.3 Å². The second-order valence-electron chi connectivity index (χ2n) is 1.72. The summed E-state index contributed by atoms with van der Waals surface area (Å²) < 4.78 is 0. The van der Waals surface area contributed by atoms with E-state index in [1.165, 1.54) is 0 Å². The Morgan fingerprint density at radius 1 is 1.60 bits per heavy atom. The van der Waals surface area contributed by atoms with Gasteiger partial charge in [0.25, 0.3) is 0 Å². The summed E-state index contributed by atoms with van der Waals surface area (Å²) in [4.78, 5) is 3.89. The van der Waals surface area contributed by atoms with Gasteiger partial charge in [0.1, 0.15) is 5.82 Å². The third kappa shape index (κ3) is 1.24. The molecule has 10 heavy (non-hydrogen) atoms. The van der Waals surface area contributed by atoms with Gasteiger partial charge in [0.2, 0.25) is 0 Å². The summed E-state index contributed by atoms with van der Waals surface area (Å²) in [6.07, 6.45) is 6.68. The molecule has 0 fully saturated rings. The SMILES string of the molecule is C#Cc1ccc(NN)nc1. The number of hydrogen-bond acceptors (Lipinski definition) is 3. The van der Waals surface area contributed by atoms with Gasteiger partial charge in [0, 0.05) is 11.8 Å². The first-order valence-electron chi connectivity index (χ1n) is 2.76. The fourth-order valence-corrected chi connectivity index (χ4v) is 0.565. The first-order chi connectivity index (χ1) is 4.86. The van der Waals surface area contributed by atoms with E-state index in [-0.39, 0.29) is 0 Å². The Labute approximate surface area is 59.2 Å². The number of anilines is 1. The normalized spacial score (nSPS) is 8.40. The average Bonchev–Trinajstić information content (AvgIpc) is 2.05. The molecule has 0 aliphatic heterocycles. The van der Waals surface area contributed by atoms with Crippen molar-refractivity contribution >= 4 is 5.82 Å². The van der Waals surface area contributed by atoms with Crippen LogP contribution < -0.4 is 11.3 Å². The first kappa shape index (κ1) is 6.59. The monoisotopic (exact) mass is 133 g/mol. The minimum absolute atomic E-state index is 0.610. The Morgan fingerprint density at radius 3 is 2.80 bits per heavy atom. The van der Waals surface area contributed by atoms with Crippen LogP contribution in [0.3, 0.4) is 0 Å². The first-order valence-corrected chi connectivity index (χ1v) is 2.76. The number of hydrazine groups is 1. The molecule has 0 spiro atoms. The van der Waals surface area contributed by atoms with Crippen molar-refractivity contribution in [1.29, 1.82) is 0 Å². The van der Waals surface area contributed by atoms with Crippen molar-refractivity contribution in [2.45, 2.75) is 0 Å². The zero-order valence-electron chi connectivity index (χ0n) is 5.33. The van der Waals surface area contributed by atoms with Crippen LogP contribution in [-0.4, -0.2) is 4.98 Å². The number of pyridine rings is 1. The van der Waals surface area contributed by atoms with Gasteiger partial charge in [-0.05, 0) is 12.1 Å². The summed E-state index contributed by atoms with van der Waals surface area (Å²) in [5.74, 6) is 8.13. The summed E-state index contributed by atoms with van der Waals surface area (Å²) in [7, 11) is 0. The van der Waals surface area contributed by atoms with Crippen LogP contribution in [0.5, 0.6) is 0 Å². The van der Waals surface area contributed by atoms with E-state index in [9.17, 15) is 0 Å². The van der Waals surface area contributed by atoms with Crippen LogP contribution in [0.2, 0.25) is 0 Å². The molecule has 0 aliphatic carbocycles. The predicted octanol–water partition coefficient (Wildman–Crippen LogP) is 0.349. The van der Waals surface area contributed by atoms with Crippen LogP contribution in [0, 0.1) is 12.3 Å². The quantitative estimate of drug-likeness (QED) is 0.330. The third-order valence-electron chi connectivity index (χ3n) is 1.08. The molecule has 0 aromatic carbocycles. The maximum Gasteiger partial charge on any atom is 0.139 e. The van der Waals surface area contributed by atoms with E-state index >= 15 is 0 Å². The van der Waals surface area contributed by atoms with Crippen molar-refractivity contribution in [2.75, 3.05) is 5.43 Å². The summed E-state index contributed by atoms with van der Waals surface area (Å²) >= 11 is 0. The van der Waals surface area contributed by atoms with Crippen molar-refractivity contribution in [3.05, 3.63) is 23.9 Å². The lowest BCUT2D eigenvalue weighted by Crippen LogP contribution is -2.07. The number of nitrogens with one attached hydrogen (secondary N) is 1. The van der Waals surface area contributed by atoms with Crippen molar-refractivity contribution in [2.24, 2.45) is 5.84 Å². The average molecular weight is 133 g/mol. The van der Waals surface area contributed by atoms with Crippen LogP contribution >= 0.6 is 0 Å². The zero-order valence-corrected chi connectivity index (χ0v) is 5.33. The molecule has 0 amide bonds. The third-order valence-corrected chi connectivity index (χ3v) is 1.08. The van der Waals surface area contributed by atoms with Crippen LogP contribution in [0.1, 0.15) is 5.56 Å². The number of aromatic nitrogens is 1. The highest BCUT2D eigenvalue weighted by Crippen LogP contribution is 2.00. The van der Waals surface area contributed by atoms with Crippen LogP contribution in [-0.2, 0) is 0 Å². The van der Waals surface area contributed by atoms with Gasteiger partial charge in [-0.15, -0.1) is 6.42 Å². The lowest BCUT2D eigenvalue weighted by molar-refractivity contribution is 1.22. The summed E-state index contributed by atoms with van der Waals surface area (Å²) in [5, 5.41) is 0. The molecule has 1 aromatic rings. The van der Waals surface area contributed by atoms with E-state index in [1.807, 2.05) is 0 Å². The van der Waals surface area contributed by atoms with Gasteiger partial charge < -0.3 is 5.43 Å². The van der Waals surface area contributed by atoms with E-state index in [0.29, 0.717) is 5.82 Å². The van der Waals surface area contributed by atoms with Gasteiger partial charge in [-0.1, -0.05) is 5.92 Å². The molecule has 0 saturated heterocycles. The largest absolute Gasteiger partial charge is 0.308 e. The van der Waals surface area contributed by atoms with Crippen molar-refractivity contribution < 1.29 is 0 Å². The number of terminal acetylenes is 1. The van der Waals surface area contributed by atoms with Crippen LogP contribution in [0.15, 0.2) is 18.3 Å². The maximum atomic E-state index is 5.10. The van der Waals surface area contributed by atoms with Gasteiger partial charge in [-0.3, -0.25) is 0 Å². The summed E-state index contributed by atoms with van der Waals surface area (Å²) in [6, 6.07) is 3.48. The Kier molecular flexibility index (Phi) is 1.88. The van der Waals surface area contributed by atoms with Gasteiger partial charge in [-0.2, -0.15) is 0 Å². The highest BCUT2D eigenvalue weighted by Gasteiger charge is 1.87. The van der Waals surface area contributed by atoms with E-state index in [1.54, 1.807) is 18.3 Å². The van der Waals surface area contributed by atoms with Gasteiger partial charge in [0.05, 0.1) is 0 Å². The molecule has 0 radical (unpaired) electrons. The molecule has 1 heterocycles. The minimum Gasteiger partial charge on any atom is -0.308 e. The molecule has 0 unspecified atom stereocenters. The predicted molar refractivity (Wildman–Crippen MR) is 40.0 cm³/mol. The highest BCUT2D eigenvalue weighted by atomic mass is 15.2. The van der Waals surface area contributed by atoms with Crippen LogP contribution in [0.25, 0.3) is 0 Å². The molecule has 1 rings (SSSR count). The van der Waals surface area contributed by atoms with Gasteiger partial charge in [-0.25, -0.2) is 10.8 Å². The Balaban J connectivity index is 2.93. The minimum atomic E-state index is 0.610. The van der Waals surface area contributed by atoms with Crippen molar-refractivity contribution in [1.82, 2.24) is 4.98 Å². The molecule has 3 heteroatoms. The highest BCUT2D eigenvalue weighted by molar-refractivity contribution is 5.38. The molecule has 1 aromatic heterocycles. The zero-order chi connectivity index (χ0) is 7.40. The number of nitrogens with zero attached hydrogens (tertiary/aromatic N) is 1. The molecule has 0 aliphatic rings. The number of nitrogens with two attached hydrogens (primary N) is 1. The summed E-state index contributed by atoms with van der Waals surface area (Å²) in [6.45, 7) is 0. The maximum absolute atomic E-state index is 5.10. The number of nitrogen functional groups attached to an aromatic ring is 1. The number of rotatable bonds is 1. The second-order valence-corrected chi connectivity index (χ2v) is 1.72. The fourth-order valence-electron chi connectivity index (χ4n) is 0.565. The van der Waals surface area contributed by atoms with E-state index in [4.69, 9.17) is 12.3 Å². The van der Waals surface area contributed by atoms with Gasteiger partial charge >= 0.3 is 0 Å². The van der Waals surface area contributed by atoms with E-state index in [2.05, 4.69) is 16.3 Å². The lowest BCUT2D eigenvalue weighted by atomic mass is 10.3. The molecule has 0 saturated carbocycles. The van der Waals surface area contributed by atoms with Crippen molar-refractivity contribution in [3.63, 3.8) is 0 Å². The molecule has 3 N–H and O–H groups in total. The van der Waals surface area contributed by atoms with Crippen LogP contribution in [0.4, 0.5) is 5.82 Å². The van der Waals surface area contributed by atoms with E-state index in [0.717, 1.165) is 5.56 Å². The summed E-state index contributed by atoms with van der Waals surface area (Å²) in [5.41, 5.74) is 3.15. The fraction of sp³-hybridized carbons (Fsp3) is 0. The number of hydrogen-bond donors (Lipinski definition) is 2. The molecular formula is C7H7N3.